The number of phenols is 1. The van der Waals surface area contributed by atoms with E-state index in [4.69, 9.17) is 0 Å². The van der Waals surface area contributed by atoms with Crippen LogP contribution in [-0.2, 0) is 23.2 Å². The van der Waals surface area contributed by atoms with Gasteiger partial charge in [-0.3, -0.25) is 4.79 Å². The first-order valence-corrected chi connectivity index (χ1v) is 8.02. The second kappa shape index (κ2) is 4.98. The van der Waals surface area contributed by atoms with Gasteiger partial charge in [-0.25, -0.2) is 0 Å². The minimum Gasteiger partial charge on any atom is -0.508 e. The van der Waals surface area contributed by atoms with E-state index in [-0.39, 0.29) is 23.7 Å². The summed E-state index contributed by atoms with van der Waals surface area (Å²) in [5, 5.41) is 29.2. The first-order valence-electron chi connectivity index (χ1n) is 8.02. The van der Waals surface area contributed by atoms with Gasteiger partial charge >= 0.3 is 5.97 Å². The number of carboxylic acids is 1. The Hall–Kier alpha value is -1.55. The number of benzene rings is 1. The molecular formula is C18H24O4. The number of hydrogen-bond acceptors (Lipinski definition) is 3. The molecule has 1 fully saturated rings. The third-order valence-corrected chi connectivity index (χ3v) is 6.21. The molecule has 1 saturated carbocycles. The number of fused-ring (bicyclic) bond motifs is 3. The standard InChI is InChI=1S/C18H24O4/c1-17-6-3-7-18(2,16(21)22)15(17)5-4-11-8-12(10-19)14(20)9-13(11)17/h8-9,15,19-20H,3-7,10H2,1-2H3,(H,21,22)/t15-,17-,18-/m1/s1. The molecule has 4 heteroatoms. The Bertz CT molecular complexity index is 624. The van der Waals surface area contributed by atoms with E-state index in [2.05, 4.69) is 6.92 Å². The van der Waals surface area contributed by atoms with Gasteiger partial charge in [0.2, 0.25) is 0 Å². The van der Waals surface area contributed by atoms with E-state index < -0.39 is 11.4 Å². The summed E-state index contributed by atoms with van der Waals surface area (Å²) in [5.74, 6) is -0.507. The minimum absolute atomic E-state index is 0.0816. The predicted octanol–water partition coefficient (Wildman–Crippen LogP) is 2.98. The topological polar surface area (TPSA) is 77.8 Å². The number of carboxylic acid groups (broad SMARTS) is 1. The molecule has 0 aliphatic heterocycles. The van der Waals surface area contributed by atoms with Crippen molar-refractivity contribution < 1.29 is 20.1 Å². The highest BCUT2D eigenvalue weighted by Crippen LogP contribution is 2.57. The van der Waals surface area contributed by atoms with Crippen LogP contribution < -0.4 is 0 Å². The molecule has 1 aromatic carbocycles. The number of hydrogen-bond donors (Lipinski definition) is 3. The fourth-order valence-electron chi connectivity index (χ4n) is 4.94. The molecule has 0 unspecified atom stereocenters. The lowest BCUT2D eigenvalue weighted by Gasteiger charge is -2.53. The summed E-state index contributed by atoms with van der Waals surface area (Å²) in [6.07, 6.45) is 4.22. The summed E-state index contributed by atoms with van der Waals surface area (Å²) in [4.78, 5) is 11.9. The van der Waals surface area contributed by atoms with Gasteiger partial charge < -0.3 is 15.3 Å². The van der Waals surface area contributed by atoms with Crippen LogP contribution in [0.5, 0.6) is 5.75 Å². The Kier molecular flexibility index (Phi) is 3.48. The van der Waals surface area contributed by atoms with Gasteiger partial charge in [-0.05, 0) is 67.2 Å². The van der Waals surface area contributed by atoms with Crippen molar-refractivity contribution in [3.63, 3.8) is 0 Å². The molecule has 120 valence electrons. The first-order chi connectivity index (χ1) is 10.3. The highest BCUT2D eigenvalue weighted by Gasteiger charge is 2.55. The summed E-state index contributed by atoms with van der Waals surface area (Å²) >= 11 is 0. The van der Waals surface area contributed by atoms with Crippen molar-refractivity contribution in [2.45, 2.75) is 58.0 Å². The van der Waals surface area contributed by atoms with Crippen LogP contribution in [0.2, 0.25) is 0 Å². The van der Waals surface area contributed by atoms with Crippen molar-refractivity contribution in [3.05, 3.63) is 28.8 Å². The molecule has 0 bridgehead atoms. The zero-order chi connectivity index (χ0) is 16.1. The Morgan fingerprint density at radius 3 is 2.68 bits per heavy atom. The van der Waals surface area contributed by atoms with E-state index in [1.165, 1.54) is 0 Å². The molecule has 3 rings (SSSR count). The van der Waals surface area contributed by atoms with Crippen molar-refractivity contribution in [2.75, 3.05) is 0 Å². The SMILES string of the molecule is C[C@@]1(C(=O)O)CCC[C@]2(C)c3cc(O)c(CO)cc3CC[C@@H]12. The largest absolute Gasteiger partial charge is 0.508 e. The van der Waals surface area contributed by atoms with Crippen LogP contribution >= 0.6 is 0 Å². The number of aliphatic hydroxyl groups is 1. The van der Waals surface area contributed by atoms with Crippen molar-refractivity contribution in [1.29, 1.82) is 0 Å². The van der Waals surface area contributed by atoms with Gasteiger partial charge in [0.25, 0.3) is 0 Å². The molecule has 0 saturated heterocycles. The number of aliphatic carboxylic acids is 1. The lowest BCUT2D eigenvalue weighted by Crippen LogP contribution is -2.52. The van der Waals surface area contributed by atoms with Gasteiger partial charge in [-0.15, -0.1) is 0 Å². The van der Waals surface area contributed by atoms with Crippen LogP contribution in [0, 0.1) is 11.3 Å². The fraction of sp³-hybridized carbons (Fsp3) is 0.611. The average molecular weight is 304 g/mol. The molecule has 22 heavy (non-hydrogen) atoms. The molecule has 4 nitrogen and oxygen atoms in total. The van der Waals surface area contributed by atoms with Crippen molar-refractivity contribution in [3.8, 4) is 5.75 Å². The van der Waals surface area contributed by atoms with Crippen molar-refractivity contribution in [2.24, 2.45) is 11.3 Å². The number of aromatic hydroxyl groups is 1. The zero-order valence-electron chi connectivity index (χ0n) is 13.2. The minimum atomic E-state index is -0.705. The van der Waals surface area contributed by atoms with Crippen molar-refractivity contribution in [1.82, 2.24) is 0 Å². The second-order valence-corrected chi connectivity index (χ2v) is 7.38. The number of rotatable bonds is 2. The smallest absolute Gasteiger partial charge is 0.309 e. The molecule has 2 aliphatic carbocycles. The zero-order valence-corrected chi connectivity index (χ0v) is 13.2. The Morgan fingerprint density at radius 1 is 1.32 bits per heavy atom. The molecule has 3 N–H and O–H groups in total. The van der Waals surface area contributed by atoms with Crippen LogP contribution in [-0.4, -0.2) is 21.3 Å². The monoisotopic (exact) mass is 304 g/mol. The molecule has 0 amide bonds. The van der Waals surface area contributed by atoms with Gasteiger partial charge in [0.1, 0.15) is 5.75 Å². The highest BCUT2D eigenvalue weighted by atomic mass is 16.4. The van der Waals surface area contributed by atoms with Crippen molar-refractivity contribution >= 4 is 5.97 Å². The van der Waals surface area contributed by atoms with E-state index >= 15 is 0 Å². The summed E-state index contributed by atoms with van der Waals surface area (Å²) in [7, 11) is 0. The van der Waals surface area contributed by atoms with E-state index in [1.54, 1.807) is 6.07 Å². The highest BCUT2D eigenvalue weighted by molar-refractivity contribution is 5.75. The Morgan fingerprint density at radius 2 is 2.05 bits per heavy atom. The van der Waals surface area contributed by atoms with Gasteiger partial charge in [0, 0.05) is 5.56 Å². The Labute approximate surface area is 130 Å². The maximum atomic E-state index is 11.9. The molecule has 0 aromatic heterocycles. The molecule has 0 radical (unpaired) electrons. The number of aryl methyl sites for hydroxylation is 1. The lowest BCUT2D eigenvalue weighted by molar-refractivity contribution is -0.157. The van der Waals surface area contributed by atoms with Crippen LogP contribution in [0.3, 0.4) is 0 Å². The summed E-state index contributed by atoms with van der Waals surface area (Å²) in [6.45, 7) is 3.85. The summed E-state index contributed by atoms with van der Waals surface area (Å²) < 4.78 is 0. The maximum absolute atomic E-state index is 11.9. The molecule has 1 aromatic rings. The van der Waals surface area contributed by atoms with Crippen LogP contribution in [0.15, 0.2) is 12.1 Å². The van der Waals surface area contributed by atoms with E-state index in [0.717, 1.165) is 43.2 Å². The molecule has 3 atom stereocenters. The molecule has 0 heterocycles. The predicted molar refractivity (Wildman–Crippen MR) is 82.8 cm³/mol. The maximum Gasteiger partial charge on any atom is 0.309 e. The van der Waals surface area contributed by atoms with Gasteiger partial charge in [0.15, 0.2) is 0 Å². The third-order valence-electron chi connectivity index (χ3n) is 6.21. The van der Waals surface area contributed by atoms with E-state index in [0.29, 0.717) is 5.56 Å². The molecular weight excluding hydrogens is 280 g/mol. The van der Waals surface area contributed by atoms with E-state index in [1.807, 2.05) is 13.0 Å². The van der Waals surface area contributed by atoms with Crippen LogP contribution in [0.25, 0.3) is 0 Å². The second-order valence-electron chi connectivity index (χ2n) is 7.38. The summed E-state index contributed by atoms with van der Waals surface area (Å²) in [6, 6.07) is 3.65. The average Bonchev–Trinajstić information content (AvgIpc) is 2.47. The normalized spacial score (nSPS) is 33.9. The Balaban J connectivity index is 2.13. The van der Waals surface area contributed by atoms with Crippen LogP contribution in [0.1, 0.15) is 56.2 Å². The summed E-state index contributed by atoms with van der Waals surface area (Å²) in [5.41, 5.74) is 1.86. The van der Waals surface area contributed by atoms with Crippen LogP contribution in [0.4, 0.5) is 0 Å². The third kappa shape index (κ3) is 1.97. The number of carbonyl (C=O) groups is 1. The van der Waals surface area contributed by atoms with Gasteiger partial charge in [0.05, 0.1) is 12.0 Å². The first kappa shape index (κ1) is 15.3. The quantitative estimate of drug-likeness (QED) is 0.785. The van der Waals surface area contributed by atoms with Gasteiger partial charge in [-0.1, -0.05) is 13.3 Å². The fourth-order valence-corrected chi connectivity index (χ4v) is 4.94. The molecule has 0 spiro atoms. The van der Waals surface area contributed by atoms with E-state index in [9.17, 15) is 20.1 Å². The van der Waals surface area contributed by atoms with Gasteiger partial charge in [-0.2, -0.15) is 0 Å². The lowest BCUT2D eigenvalue weighted by atomic mass is 9.50. The number of aliphatic hydroxyl groups excluding tert-OH is 1. The molecule has 2 aliphatic rings.